The second-order valence-electron chi connectivity index (χ2n) is 6.86. The van der Waals surface area contributed by atoms with Crippen molar-refractivity contribution in [2.45, 2.75) is 17.4 Å². The van der Waals surface area contributed by atoms with Gasteiger partial charge in [0.1, 0.15) is 16.4 Å². The van der Waals surface area contributed by atoms with Gasteiger partial charge < -0.3 is 14.9 Å². The first-order valence-electron chi connectivity index (χ1n) is 9.41. The Kier molecular flexibility index (Phi) is 5.80. The molecule has 1 N–H and O–H groups in total. The zero-order chi connectivity index (χ0) is 21.1. The van der Waals surface area contributed by atoms with Crippen molar-refractivity contribution in [3.63, 3.8) is 0 Å². The number of nitrogens with one attached hydrogen (secondary N) is 1. The molecule has 2 aromatic carbocycles. The number of nitrogens with zero attached hydrogens (tertiary/aromatic N) is 2. The fourth-order valence-electron chi connectivity index (χ4n) is 3.27. The number of amides is 1. The van der Waals surface area contributed by atoms with E-state index in [1.807, 2.05) is 30.3 Å². The summed E-state index contributed by atoms with van der Waals surface area (Å²) in [6.07, 6.45) is -0.0897. The molecule has 1 unspecified atom stereocenters. The van der Waals surface area contributed by atoms with E-state index in [9.17, 15) is 17.6 Å². The molecular formula is C20H20FN3O5S. The number of morpholine rings is 1. The molecule has 158 valence electrons. The Hall–Kier alpha value is -2.82. The van der Waals surface area contributed by atoms with Crippen LogP contribution < -0.4 is 5.32 Å². The lowest BCUT2D eigenvalue weighted by Gasteiger charge is -2.26. The number of hydrogen-bond donors (Lipinski definition) is 1. The van der Waals surface area contributed by atoms with Crippen LogP contribution in [0.4, 0.5) is 10.1 Å². The molecule has 0 radical (unpaired) electrons. The van der Waals surface area contributed by atoms with E-state index in [4.69, 9.17) is 9.57 Å². The first-order valence-corrected chi connectivity index (χ1v) is 10.9. The van der Waals surface area contributed by atoms with E-state index in [0.717, 1.165) is 17.7 Å². The lowest BCUT2D eigenvalue weighted by Crippen LogP contribution is -2.40. The third-order valence-corrected chi connectivity index (χ3v) is 6.79. The molecule has 1 fully saturated rings. The predicted molar refractivity (Wildman–Crippen MR) is 107 cm³/mol. The monoisotopic (exact) mass is 433 g/mol. The molecule has 30 heavy (non-hydrogen) atoms. The second-order valence-corrected chi connectivity index (χ2v) is 8.77. The number of carbonyl (C=O) groups excluding carboxylic acids is 1. The Morgan fingerprint density at radius 2 is 1.87 bits per heavy atom. The van der Waals surface area contributed by atoms with Crippen molar-refractivity contribution in [2.75, 3.05) is 31.6 Å². The first kappa shape index (κ1) is 20.5. The van der Waals surface area contributed by atoms with Gasteiger partial charge in [-0.25, -0.2) is 12.8 Å². The average Bonchev–Trinajstić information content (AvgIpc) is 3.27. The van der Waals surface area contributed by atoms with Crippen LogP contribution in [0.25, 0.3) is 0 Å². The highest BCUT2D eigenvalue weighted by molar-refractivity contribution is 7.89. The summed E-state index contributed by atoms with van der Waals surface area (Å²) in [5.41, 5.74) is 1.22. The van der Waals surface area contributed by atoms with Crippen LogP contribution in [0.1, 0.15) is 18.1 Å². The summed E-state index contributed by atoms with van der Waals surface area (Å²) in [5, 5.41) is 6.42. The molecule has 8 nitrogen and oxygen atoms in total. The van der Waals surface area contributed by atoms with Crippen molar-refractivity contribution in [2.24, 2.45) is 5.16 Å². The molecule has 1 atom stereocenters. The molecule has 0 aliphatic carbocycles. The van der Waals surface area contributed by atoms with E-state index in [-0.39, 0.29) is 50.2 Å². The fourth-order valence-corrected chi connectivity index (χ4v) is 4.76. The molecule has 2 aromatic rings. The molecule has 1 amide bonds. The SMILES string of the molecule is O=C(Nc1ccc(F)c(S(=O)(=O)N2CCOCC2)c1)C1=NOC(c2ccccc2)C1. The highest BCUT2D eigenvalue weighted by Gasteiger charge is 2.30. The summed E-state index contributed by atoms with van der Waals surface area (Å²) in [6.45, 7) is 0.792. The van der Waals surface area contributed by atoms with Crippen molar-refractivity contribution in [3.05, 3.63) is 59.9 Å². The molecule has 2 aliphatic rings. The smallest absolute Gasteiger partial charge is 0.273 e. The third kappa shape index (κ3) is 4.20. The summed E-state index contributed by atoms with van der Waals surface area (Å²) in [4.78, 5) is 17.4. The summed E-state index contributed by atoms with van der Waals surface area (Å²) in [6, 6.07) is 12.8. The van der Waals surface area contributed by atoms with Crippen molar-refractivity contribution in [3.8, 4) is 0 Å². The fraction of sp³-hybridized carbons (Fsp3) is 0.300. The highest BCUT2D eigenvalue weighted by Crippen LogP contribution is 2.28. The number of rotatable bonds is 5. The Morgan fingerprint density at radius 1 is 1.13 bits per heavy atom. The van der Waals surface area contributed by atoms with E-state index in [0.29, 0.717) is 0 Å². The summed E-state index contributed by atoms with van der Waals surface area (Å²) in [7, 11) is -4.04. The highest BCUT2D eigenvalue weighted by atomic mass is 32.2. The zero-order valence-electron chi connectivity index (χ0n) is 16.0. The maximum absolute atomic E-state index is 14.3. The molecule has 4 rings (SSSR count). The zero-order valence-corrected chi connectivity index (χ0v) is 16.8. The molecule has 0 aromatic heterocycles. The van der Waals surface area contributed by atoms with Crippen molar-refractivity contribution < 1.29 is 27.2 Å². The van der Waals surface area contributed by atoms with Gasteiger partial charge in [0, 0.05) is 25.2 Å². The van der Waals surface area contributed by atoms with E-state index in [1.54, 1.807) is 0 Å². The number of ether oxygens (including phenoxy) is 1. The van der Waals surface area contributed by atoms with E-state index in [2.05, 4.69) is 10.5 Å². The van der Waals surface area contributed by atoms with Crippen molar-refractivity contribution in [1.82, 2.24) is 4.31 Å². The Labute approximate surface area is 173 Å². The number of carbonyl (C=O) groups is 1. The number of benzene rings is 2. The standard InChI is InChI=1S/C20H20FN3O5S/c21-16-7-6-15(12-19(16)30(26,27)24-8-10-28-11-9-24)22-20(25)17-13-18(29-23-17)14-4-2-1-3-5-14/h1-7,12,18H,8-11,13H2,(H,22,25). The summed E-state index contributed by atoms with van der Waals surface area (Å²) in [5.74, 6) is -1.42. The molecule has 1 saturated heterocycles. The minimum atomic E-state index is -4.04. The number of hydrogen-bond acceptors (Lipinski definition) is 6. The van der Waals surface area contributed by atoms with Gasteiger partial charge in [-0.15, -0.1) is 0 Å². The van der Waals surface area contributed by atoms with Crippen LogP contribution in [0.2, 0.25) is 0 Å². The van der Waals surface area contributed by atoms with Gasteiger partial charge in [0.2, 0.25) is 10.0 Å². The van der Waals surface area contributed by atoms with Crippen LogP contribution in [0, 0.1) is 5.82 Å². The van der Waals surface area contributed by atoms with E-state index < -0.39 is 26.6 Å². The quantitative estimate of drug-likeness (QED) is 0.781. The third-order valence-electron chi connectivity index (χ3n) is 4.88. The number of sulfonamides is 1. The van der Waals surface area contributed by atoms with Crippen LogP contribution in [0.3, 0.4) is 0 Å². The lowest BCUT2D eigenvalue weighted by molar-refractivity contribution is -0.110. The Bertz CT molecular complexity index is 1070. The van der Waals surface area contributed by atoms with Crippen LogP contribution in [0.15, 0.2) is 58.6 Å². The van der Waals surface area contributed by atoms with Gasteiger partial charge in [0.25, 0.3) is 5.91 Å². The van der Waals surface area contributed by atoms with Crippen LogP contribution >= 0.6 is 0 Å². The van der Waals surface area contributed by atoms with Gasteiger partial charge in [0.15, 0.2) is 6.10 Å². The van der Waals surface area contributed by atoms with E-state index in [1.165, 1.54) is 10.4 Å². The largest absolute Gasteiger partial charge is 0.387 e. The van der Waals surface area contributed by atoms with Crippen LogP contribution in [-0.2, 0) is 24.4 Å². The van der Waals surface area contributed by atoms with Gasteiger partial charge in [0.05, 0.1) is 13.2 Å². The first-order chi connectivity index (χ1) is 14.4. The number of oxime groups is 1. The Morgan fingerprint density at radius 3 is 2.60 bits per heavy atom. The van der Waals surface area contributed by atoms with E-state index >= 15 is 0 Å². The minimum Gasteiger partial charge on any atom is -0.387 e. The lowest BCUT2D eigenvalue weighted by atomic mass is 10.0. The van der Waals surface area contributed by atoms with Crippen molar-refractivity contribution in [1.29, 1.82) is 0 Å². The topological polar surface area (TPSA) is 97.3 Å². The number of halogens is 1. The molecule has 0 bridgehead atoms. The van der Waals surface area contributed by atoms with Crippen LogP contribution in [-0.4, -0.2) is 50.6 Å². The summed E-state index contributed by atoms with van der Waals surface area (Å²) < 4.78 is 46.2. The van der Waals surface area contributed by atoms with Gasteiger partial charge in [-0.1, -0.05) is 35.5 Å². The predicted octanol–water partition coefficient (Wildman–Crippen LogP) is 2.30. The van der Waals surface area contributed by atoms with Gasteiger partial charge >= 0.3 is 0 Å². The van der Waals surface area contributed by atoms with Gasteiger partial charge in [-0.05, 0) is 23.8 Å². The Balaban J connectivity index is 1.48. The van der Waals surface area contributed by atoms with Gasteiger partial charge in [-0.3, -0.25) is 4.79 Å². The second kappa shape index (κ2) is 8.50. The maximum Gasteiger partial charge on any atom is 0.273 e. The molecule has 10 heteroatoms. The van der Waals surface area contributed by atoms with Crippen LogP contribution in [0.5, 0.6) is 0 Å². The normalized spacial score (nSPS) is 19.8. The molecular weight excluding hydrogens is 413 g/mol. The average molecular weight is 433 g/mol. The molecule has 0 saturated carbocycles. The minimum absolute atomic E-state index is 0.146. The molecule has 2 heterocycles. The summed E-state index contributed by atoms with van der Waals surface area (Å²) >= 11 is 0. The maximum atomic E-state index is 14.3. The number of anilines is 1. The van der Waals surface area contributed by atoms with Gasteiger partial charge in [-0.2, -0.15) is 4.31 Å². The molecule has 0 spiro atoms. The van der Waals surface area contributed by atoms with Crippen molar-refractivity contribution >= 4 is 27.3 Å². The molecule has 2 aliphatic heterocycles.